The molecule has 2 aromatic carbocycles. The molecular formula is C18H21BrF2N2O4S. The van der Waals surface area contributed by atoms with Crippen LogP contribution in [0.2, 0.25) is 0 Å². The van der Waals surface area contributed by atoms with Gasteiger partial charge in [0.1, 0.15) is 9.84 Å². The molecule has 2 aromatic rings. The Morgan fingerprint density at radius 2 is 1.89 bits per heavy atom. The second kappa shape index (κ2) is 9.42. The van der Waals surface area contributed by atoms with Crippen molar-refractivity contribution >= 4 is 37.1 Å². The van der Waals surface area contributed by atoms with Gasteiger partial charge in [0, 0.05) is 10.7 Å². The molecule has 0 spiro atoms. The minimum atomic E-state index is -3.37. The maximum atomic E-state index is 12.6. The second-order valence-corrected chi connectivity index (χ2v) is 9.14. The third-order valence-corrected chi connectivity index (χ3v) is 5.13. The van der Waals surface area contributed by atoms with E-state index in [2.05, 4.69) is 26.0 Å². The molecule has 1 atom stereocenters. The molecule has 1 unspecified atom stereocenters. The van der Waals surface area contributed by atoms with Crippen LogP contribution in [0.15, 0.2) is 40.9 Å². The summed E-state index contributed by atoms with van der Waals surface area (Å²) < 4.78 is 59.7. The van der Waals surface area contributed by atoms with Gasteiger partial charge in [0.15, 0.2) is 11.5 Å². The monoisotopic (exact) mass is 478 g/mol. The van der Waals surface area contributed by atoms with Crippen LogP contribution in [0.25, 0.3) is 0 Å². The summed E-state index contributed by atoms with van der Waals surface area (Å²) in [5.41, 5.74) is 7.49. The number of rotatable bonds is 9. The van der Waals surface area contributed by atoms with Gasteiger partial charge in [0.25, 0.3) is 0 Å². The molecule has 0 amide bonds. The molecule has 0 aromatic heterocycles. The fourth-order valence-corrected chi connectivity index (χ4v) is 3.84. The normalized spacial score (nSPS) is 12.6. The van der Waals surface area contributed by atoms with Crippen LogP contribution in [0.5, 0.6) is 11.5 Å². The molecule has 28 heavy (non-hydrogen) atoms. The van der Waals surface area contributed by atoms with Gasteiger partial charge in [-0.3, -0.25) is 0 Å². The van der Waals surface area contributed by atoms with Crippen LogP contribution in [0.4, 0.5) is 20.2 Å². The molecule has 6 nitrogen and oxygen atoms in total. The van der Waals surface area contributed by atoms with Crippen molar-refractivity contribution in [2.24, 2.45) is 0 Å². The Kier molecular flexibility index (Phi) is 7.48. The number of hydrogen-bond acceptors (Lipinski definition) is 6. The molecule has 0 saturated carbocycles. The number of sulfone groups is 1. The van der Waals surface area contributed by atoms with Crippen LogP contribution in [0, 0.1) is 0 Å². The highest BCUT2D eigenvalue weighted by molar-refractivity contribution is 9.10. The predicted octanol–water partition coefficient (Wildman–Crippen LogP) is 4.23. The molecule has 154 valence electrons. The predicted molar refractivity (Wildman–Crippen MR) is 109 cm³/mol. The van der Waals surface area contributed by atoms with Gasteiger partial charge in [-0.05, 0) is 42.8 Å². The molecule has 0 heterocycles. The van der Waals surface area contributed by atoms with Crippen molar-refractivity contribution < 1.29 is 26.7 Å². The lowest BCUT2D eigenvalue weighted by Gasteiger charge is -2.22. The summed E-state index contributed by atoms with van der Waals surface area (Å²) in [4.78, 5) is 0. The first-order valence-corrected chi connectivity index (χ1v) is 11.1. The molecular weight excluding hydrogens is 458 g/mol. The SMILES string of the molecule is CCOc1cc(C(CS(C)(=O)=O)Nc2ccc(Br)cc2N)ccc1OC(F)F. The fourth-order valence-electron chi connectivity index (χ4n) is 2.58. The summed E-state index contributed by atoms with van der Waals surface area (Å²) in [6.45, 7) is -1.07. The van der Waals surface area contributed by atoms with Crippen molar-refractivity contribution in [1.29, 1.82) is 0 Å². The van der Waals surface area contributed by atoms with E-state index in [9.17, 15) is 17.2 Å². The highest BCUT2D eigenvalue weighted by Gasteiger charge is 2.21. The average molecular weight is 479 g/mol. The summed E-state index contributed by atoms with van der Waals surface area (Å²) >= 11 is 3.32. The van der Waals surface area contributed by atoms with Crippen molar-refractivity contribution in [1.82, 2.24) is 0 Å². The van der Waals surface area contributed by atoms with Gasteiger partial charge in [-0.1, -0.05) is 22.0 Å². The van der Waals surface area contributed by atoms with E-state index in [1.807, 2.05) is 0 Å². The van der Waals surface area contributed by atoms with Gasteiger partial charge < -0.3 is 20.5 Å². The fraction of sp³-hybridized carbons (Fsp3) is 0.333. The Bertz CT molecular complexity index is 926. The Morgan fingerprint density at radius 1 is 1.18 bits per heavy atom. The number of halogens is 3. The van der Waals surface area contributed by atoms with Crippen LogP contribution in [-0.4, -0.2) is 33.6 Å². The molecule has 2 rings (SSSR count). The van der Waals surface area contributed by atoms with Crippen LogP contribution in [0.3, 0.4) is 0 Å². The van der Waals surface area contributed by atoms with Crippen LogP contribution in [0.1, 0.15) is 18.5 Å². The van der Waals surface area contributed by atoms with Gasteiger partial charge in [-0.2, -0.15) is 8.78 Å². The number of anilines is 2. The Labute approximate surface area is 171 Å². The minimum absolute atomic E-state index is 0.101. The number of alkyl halides is 2. The van der Waals surface area contributed by atoms with Crippen LogP contribution < -0.4 is 20.5 Å². The molecule has 0 bridgehead atoms. The van der Waals surface area contributed by atoms with E-state index in [0.717, 1.165) is 10.7 Å². The van der Waals surface area contributed by atoms with Crippen LogP contribution >= 0.6 is 15.9 Å². The standard InChI is InChI=1S/C18H21BrF2N2O4S/c1-3-26-17-8-11(4-7-16(17)27-18(20)21)15(10-28(2,24)25)23-14-6-5-12(19)9-13(14)22/h4-9,15,18,23H,3,10,22H2,1-2H3. The van der Waals surface area contributed by atoms with E-state index in [1.165, 1.54) is 18.2 Å². The first-order valence-electron chi connectivity index (χ1n) is 8.30. The lowest BCUT2D eigenvalue weighted by molar-refractivity contribution is -0.0514. The minimum Gasteiger partial charge on any atom is -0.490 e. The van der Waals surface area contributed by atoms with Crippen molar-refractivity contribution in [2.75, 3.05) is 29.7 Å². The van der Waals surface area contributed by atoms with Gasteiger partial charge >= 0.3 is 6.61 Å². The number of hydrogen-bond donors (Lipinski definition) is 2. The number of nitrogens with one attached hydrogen (secondary N) is 1. The van der Waals surface area contributed by atoms with E-state index in [1.54, 1.807) is 25.1 Å². The Morgan fingerprint density at radius 3 is 2.46 bits per heavy atom. The van der Waals surface area contributed by atoms with E-state index >= 15 is 0 Å². The van der Waals surface area contributed by atoms with Crippen molar-refractivity contribution in [3.63, 3.8) is 0 Å². The van der Waals surface area contributed by atoms with E-state index in [4.69, 9.17) is 10.5 Å². The first-order chi connectivity index (χ1) is 13.1. The van der Waals surface area contributed by atoms with E-state index in [0.29, 0.717) is 16.9 Å². The topological polar surface area (TPSA) is 90.7 Å². The summed E-state index contributed by atoms with van der Waals surface area (Å²) in [6, 6.07) is 8.81. The summed E-state index contributed by atoms with van der Waals surface area (Å²) in [7, 11) is -3.37. The number of ether oxygens (including phenoxy) is 2. The Balaban J connectivity index is 2.43. The van der Waals surface area contributed by atoms with Gasteiger partial charge in [0.2, 0.25) is 0 Å². The van der Waals surface area contributed by atoms with Crippen molar-refractivity contribution in [2.45, 2.75) is 19.6 Å². The van der Waals surface area contributed by atoms with Crippen molar-refractivity contribution in [3.8, 4) is 11.5 Å². The first kappa shape index (κ1) is 22.2. The summed E-state index contributed by atoms with van der Waals surface area (Å²) in [5, 5.41) is 3.11. The number of nitrogens with two attached hydrogens (primary N) is 1. The molecule has 0 radical (unpaired) electrons. The quantitative estimate of drug-likeness (QED) is 0.524. The third kappa shape index (κ3) is 6.52. The molecule has 0 fully saturated rings. The maximum Gasteiger partial charge on any atom is 0.387 e. The maximum absolute atomic E-state index is 12.6. The zero-order valence-corrected chi connectivity index (χ0v) is 17.7. The van der Waals surface area contributed by atoms with Gasteiger partial charge in [0.05, 0.1) is 29.8 Å². The molecule has 0 aliphatic carbocycles. The highest BCUT2D eigenvalue weighted by atomic mass is 79.9. The zero-order chi connectivity index (χ0) is 20.9. The summed E-state index contributed by atoms with van der Waals surface area (Å²) in [5.74, 6) is -0.255. The smallest absolute Gasteiger partial charge is 0.387 e. The van der Waals surface area contributed by atoms with Gasteiger partial charge in [-0.15, -0.1) is 0 Å². The number of benzene rings is 2. The lowest BCUT2D eigenvalue weighted by atomic mass is 10.1. The second-order valence-electron chi connectivity index (χ2n) is 6.04. The van der Waals surface area contributed by atoms with E-state index in [-0.39, 0.29) is 23.9 Å². The van der Waals surface area contributed by atoms with Crippen molar-refractivity contribution in [3.05, 3.63) is 46.4 Å². The molecule has 10 heteroatoms. The van der Waals surface area contributed by atoms with E-state index < -0.39 is 22.5 Å². The third-order valence-electron chi connectivity index (χ3n) is 3.70. The number of nitrogen functional groups attached to an aromatic ring is 1. The lowest BCUT2D eigenvalue weighted by Crippen LogP contribution is -2.21. The zero-order valence-electron chi connectivity index (χ0n) is 15.3. The largest absolute Gasteiger partial charge is 0.490 e. The molecule has 0 aliphatic heterocycles. The molecule has 3 N–H and O–H groups in total. The Hall–Kier alpha value is -2.07. The van der Waals surface area contributed by atoms with Gasteiger partial charge in [-0.25, -0.2) is 8.42 Å². The highest BCUT2D eigenvalue weighted by Crippen LogP contribution is 2.34. The average Bonchev–Trinajstić information content (AvgIpc) is 2.57. The molecule has 0 saturated heterocycles. The van der Waals surface area contributed by atoms with Crippen LogP contribution in [-0.2, 0) is 9.84 Å². The molecule has 0 aliphatic rings. The summed E-state index contributed by atoms with van der Waals surface area (Å²) in [6.07, 6.45) is 1.12.